The van der Waals surface area contributed by atoms with E-state index < -0.39 is 0 Å². The molecular formula is C19H20N4. The summed E-state index contributed by atoms with van der Waals surface area (Å²) in [5.74, 6) is 1.15. The van der Waals surface area contributed by atoms with E-state index in [9.17, 15) is 0 Å². The van der Waals surface area contributed by atoms with Crippen LogP contribution >= 0.6 is 0 Å². The van der Waals surface area contributed by atoms with Crippen LogP contribution in [0.3, 0.4) is 0 Å². The molecule has 116 valence electrons. The molecular weight excluding hydrogens is 284 g/mol. The summed E-state index contributed by atoms with van der Waals surface area (Å²) in [6, 6.07) is 23.1. The van der Waals surface area contributed by atoms with Crippen molar-refractivity contribution in [2.75, 3.05) is 18.1 Å². The zero-order valence-electron chi connectivity index (χ0n) is 13.3. The first-order chi connectivity index (χ1) is 11.3. The number of para-hydroxylation sites is 1. The van der Waals surface area contributed by atoms with Crippen LogP contribution in [0.5, 0.6) is 0 Å². The third-order valence-electron chi connectivity index (χ3n) is 4.30. The molecule has 0 atom stereocenters. The Labute approximate surface area is 136 Å². The van der Waals surface area contributed by atoms with Crippen LogP contribution in [-0.2, 0) is 6.67 Å². The van der Waals surface area contributed by atoms with Gasteiger partial charge in [-0.3, -0.25) is 4.90 Å². The van der Waals surface area contributed by atoms with Gasteiger partial charge in [0.25, 0.3) is 0 Å². The van der Waals surface area contributed by atoms with E-state index >= 15 is 0 Å². The second-order valence-corrected chi connectivity index (χ2v) is 5.79. The average Bonchev–Trinajstić information content (AvgIpc) is 3.06. The van der Waals surface area contributed by atoms with Gasteiger partial charge in [-0.05, 0) is 18.7 Å². The maximum atomic E-state index is 4.83. The molecule has 23 heavy (non-hydrogen) atoms. The molecule has 0 N–H and O–H groups in total. The van der Waals surface area contributed by atoms with Gasteiger partial charge in [0.2, 0.25) is 0 Å². The fourth-order valence-electron chi connectivity index (χ4n) is 3.01. The quantitative estimate of drug-likeness (QED) is 0.732. The largest absolute Gasteiger partial charge is 0.313 e. The number of nitrogens with zero attached hydrogens (tertiary/aromatic N) is 4. The van der Waals surface area contributed by atoms with Gasteiger partial charge in [-0.2, -0.15) is 5.10 Å². The number of rotatable bonds is 3. The predicted octanol–water partition coefficient (Wildman–Crippen LogP) is 3.94. The summed E-state index contributed by atoms with van der Waals surface area (Å²) in [5.41, 5.74) is 3.39. The number of anilines is 2. The Hall–Kier alpha value is -2.59. The van der Waals surface area contributed by atoms with Crippen molar-refractivity contribution in [1.29, 1.82) is 0 Å². The Morgan fingerprint density at radius 2 is 1.61 bits per heavy atom. The third kappa shape index (κ3) is 2.62. The molecule has 1 aliphatic rings. The summed E-state index contributed by atoms with van der Waals surface area (Å²) >= 11 is 0. The number of aromatic nitrogens is 2. The highest BCUT2D eigenvalue weighted by molar-refractivity contribution is 5.68. The molecule has 4 heteroatoms. The van der Waals surface area contributed by atoms with E-state index in [1.54, 1.807) is 0 Å². The molecule has 4 rings (SSSR count). The molecule has 1 aromatic heterocycles. The van der Waals surface area contributed by atoms with Gasteiger partial charge in [0.1, 0.15) is 5.82 Å². The molecule has 0 saturated heterocycles. The molecule has 0 radical (unpaired) electrons. The van der Waals surface area contributed by atoms with E-state index in [2.05, 4.69) is 82.1 Å². The summed E-state index contributed by atoms with van der Waals surface area (Å²) in [7, 11) is 0. The van der Waals surface area contributed by atoms with Gasteiger partial charge in [-0.25, -0.2) is 4.68 Å². The van der Waals surface area contributed by atoms with Gasteiger partial charge in [0.15, 0.2) is 0 Å². The van der Waals surface area contributed by atoms with Crippen molar-refractivity contribution in [3.05, 3.63) is 66.7 Å². The van der Waals surface area contributed by atoms with Crippen LogP contribution in [0.2, 0.25) is 0 Å². The first-order valence-corrected chi connectivity index (χ1v) is 8.03. The second kappa shape index (κ2) is 5.89. The highest BCUT2D eigenvalue weighted by Crippen LogP contribution is 2.32. The molecule has 0 unspecified atom stereocenters. The number of benzene rings is 2. The lowest BCUT2D eigenvalue weighted by Crippen LogP contribution is -2.42. The lowest BCUT2D eigenvalue weighted by atomic mass is 10.1. The van der Waals surface area contributed by atoms with Gasteiger partial charge >= 0.3 is 0 Å². The number of fused-ring (bicyclic) bond motifs is 1. The van der Waals surface area contributed by atoms with Crippen LogP contribution in [0.1, 0.15) is 6.92 Å². The number of hydrogen-bond donors (Lipinski definition) is 0. The van der Waals surface area contributed by atoms with Gasteiger partial charge in [0, 0.05) is 17.3 Å². The third-order valence-corrected chi connectivity index (χ3v) is 4.30. The first kappa shape index (κ1) is 14.0. The van der Waals surface area contributed by atoms with E-state index in [0.29, 0.717) is 0 Å². The first-order valence-electron chi connectivity index (χ1n) is 8.03. The molecule has 4 nitrogen and oxygen atoms in total. The fraction of sp³-hybridized carbons (Fsp3) is 0.211. The fourth-order valence-corrected chi connectivity index (χ4v) is 3.01. The molecule has 1 aliphatic heterocycles. The van der Waals surface area contributed by atoms with Crippen molar-refractivity contribution < 1.29 is 0 Å². The van der Waals surface area contributed by atoms with E-state index in [4.69, 9.17) is 5.10 Å². The van der Waals surface area contributed by atoms with Crippen molar-refractivity contribution in [2.45, 2.75) is 13.6 Å². The van der Waals surface area contributed by atoms with Crippen molar-refractivity contribution in [3.63, 3.8) is 0 Å². The van der Waals surface area contributed by atoms with Crippen LogP contribution in [0.25, 0.3) is 11.3 Å². The molecule has 0 aliphatic carbocycles. The van der Waals surface area contributed by atoms with Crippen molar-refractivity contribution >= 4 is 11.5 Å². The lowest BCUT2D eigenvalue weighted by Gasteiger charge is -2.36. The maximum Gasteiger partial charge on any atom is 0.134 e. The van der Waals surface area contributed by atoms with Crippen LogP contribution in [0.4, 0.5) is 11.5 Å². The minimum Gasteiger partial charge on any atom is -0.313 e. The summed E-state index contributed by atoms with van der Waals surface area (Å²) < 4.78 is 2.10. The van der Waals surface area contributed by atoms with Crippen molar-refractivity contribution in [1.82, 2.24) is 14.7 Å². The summed E-state index contributed by atoms with van der Waals surface area (Å²) in [6.07, 6.45) is 0. The Morgan fingerprint density at radius 1 is 0.913 bits per heavy atom. The molecule has 2 aromatic carbocycles. The van der Waals surface area contributed by atoms with Gasteiger partial charge in [-0.1, -0.05) is 55.5 Å². The molecule has 2 heterocycles. The zero-order valence-corrected chi connectivity index (χ0v) is 13.3. The minimum absolute atomic E-state index is 0.835. The summed E-state index contributed by atoms with van der Waals surface area (Å²) in [4.78, 5) is 4.70. The van der Waals surface area contributed by atoms with Crippen LogP contribution in [-0.4, -0.2) is 27.9 Å². The van der Waals surface area contributed by atoms with E-state index in [1.165, 1.54) is 5.69 Å². The average molecular weight is 304 g/mol. The summed E-state index contributed by atoms with van der Waals surface area (Å²) in [5, 5.41) is 4.83. The zero-order chi connectivity index (χ0) is 15.6. The monoisotopic (exact) mass is 304 g/mol. The standard InChI is InChI=1S/C19H20N4/c1-2-21-14-22(17-11-7-4-8-12-17)19-13-18(20-23(19)15-21)16-9-5-3-6-10-16/h3-13H,2,14-15H2,1H3. The molecule has 0 amide bonds. The van der Waals surface area contributed by atoms with E-state index in [1.807, 2.05) is 6.07 Å². The molecule has 0 fully saturated rings. The summed E-state index contributed by atoms with van der Waals surface area (Å²) in [6.45, 7) is 4.92. The lowest BCUT2D eigenvalue weighted by molar-refractivity contribution is 0.203. The van der Waals surface area contributed by atoms with Gasteiger partial charge in [0.05, 0.1) is 19.0 Å². The minimum atomic E-state index is 0.835. The SMILES string of the molecule is CCN1CN(c2ccccc2)c2cc(-c3ccccc3)nn2C1. The highest BCUT2D eigenvalue weighted by atomic mass is 15.5. The highest BCUT2D eigenvalue weighted by Gasteiger charge is 2.24. The van der Waals surface area contributed by atoms with Gasteiger partial charge < -0.3 is 4.90 Å². The van der Waals surface area contributed by atoms with E-state index in [0.717, 1.165) is 37.0 Å². The van der Waals surface area contributed by atoms with Crippen molar-refractivity contribution in [2.24, 2.45) is 0 Å². The number of hydrogen-bond acceptors (Lipinski definition) is 3. The molecule has 0 saturated carbocycles. The van der Waals surface area contributed by atoms with Gasteiger partial charge in [-0.15, -0.1) is 0 Å². The van der Waals surface area contributed by atoms with Crippen LogP contribution in [0.15, 0.2) is 66.7 Å². The topological polar surface area (TPSA) is 24.3 Å². The molecule has 0 spiro atoms. The van der Waals surface area contributed by atoms with Crippen molar-refractivity contribution in [3.8, 4) is 11.3 Å². The van der Waals surface area contributed by atoms with E-state index in [-0.39, 0.29) is 0 Å². The molecule has 0 bridgehead atoms. The maximum absolute atomic E-state index is 4.83. The predicted molar refractivity (Wildman–Crippen MR) is 93.5 cm³/mol. The molecule has 3 aromatic rings. The normalized spacial score (nSPS) is 14.7. The Kier molecular flexibility index (Phi) is 3.60. The van der Waals surface area contributed by atoms with Crippen LogP contribution < -0.4 is 4.90 Å². The second-order valence-electron chi connectivity index (χ2n) is 5.79. The smallest absolute Gasteiger partial charge is 0.134 e. The Morgan fingerprint density at radius 3 is 2.30 bits per heavy atom. The Balaban J connectivity index is 1.78. The van der Waals surface area contributed by atoms with Crippen LogP contribution in [0, 0.1) is 0 Å². The Bertz CT molecular complexity index is 780.